The number of hydrogen-bond donors (Lipinski definition) is 1. The Morgan fingerprint density at radius 1 is 1.10 bits per heavy atom. The monoisotopic (exact) mass is 272 g/mol. The lowest BCUT2D eigenvalue weighted by Gasteiger charge is -2.31. The van der Waals surface area contributed by atoms with Crippen molar-refractivity contribution in [3.8, 4) is 5.75 Å². The van der Waals surface area contributed by atoms with Crippen molar-refractivity contribution < 1.29 is 14.2 Å². The van der Waals surface area contributed by atoms with E-state index in [1.54, 1.807) is 6.07 Å². The molecule has 0 amide bonds. The van der Waals surface area contributed by atoms with Crippen molar-refractivity contribution >= 4 is 0 Å². The van der Waals surface area contributed by atoms with Gasteiger partial charge < -0.3 is 9.84 Å². The lowest BCUT2D eigenvalue weighted by atomic mass is 9.92. The van der Waals surface area contributed by atoms with Gasteiger partial charge in [0.2, 0.25) is 0 Å². The zero-order valence-electron chi connectivity index (χ0n) is 11.6. The van der Waals surface area contributed by atoms with Crippen LogP contribution in [0, 0.1) is 19.7 Å². The van der Waals surface area contributed by atoms with Crippen LogP contribution >= 0.6 is 0 Å². The molecule has 0 saturated carbocycles. The molecule has 0 radical (unpaired) electrons. The van der Waals surface area contributed by atoms with Crippen LogP contribution in [-0.2, 0) is 0 Å². The van der Waals surface area contributed by atoms with Gasteiger partial charge in [0, 0.05) is 12.0 Å². The molecule has 0 bridgehead atoms. The van der Waals surface area contributed by atoms with Gasteiger partial charge in [-0.2, -0.15) is 0 Å². The molecule has 2 atom stereocenters. The number of fused-ring (bicyclic) bond motifs is 1. The summed E-state index contributed by atoms with van der Waals surface area (Å²) in [7, 11) is 0. The maximum atomic E-state index is 13.4. The molecule has 0 spiro atoms. The van der Waals surface area contributed by atoms with Gasteiger partial charge in [-0.05, 0) is 49.2 Å². The van der Waals surface area contributed by atoms with Crippen molar-refractivity contribution in [1.29, 1.82) is 0 Å². The van der Waals surface area contributed by atoms with E-state index in [9.17, 15) is 9.50 Å². The zero-order chi connectivity index (χ0) is 14.3. The summed E-state index contributed by atoms with van der Waals surface area (Å²) in [5.74, 6) is 0.404. The Morgan fingerprint density at radius 3 is 2.70 bits per heavy atom. The Hall–Kier alpha value is -1.87. The minimum Gasteiger partial charge on any atom is -0.485 e. The highest BCUT2D eigenvalue weighted by Crippen LogP contribution is 2.41. The number of rotatable bonds is 1. The van der Waals surface area contributed by atoms with Crippen molar-refractivity contribution in [1.82, 2.24) is 0 Å². The highest BCUT2D eigenvalue weighted by molar-refractivity contribution is 5.42. The summed E-state index contributed by atoms with van der Waals surface area (Å²) in [6.07, 6.45) is -0.442. The second-order valence-electron chi connectivity index (χ2n) is 5.40. The van der Waals surface area contributed by atoms with Crippen LogP contribution in [-0.4, -0.2) is 5.11 Å². The van der Waals surface area contributed by atoms with E-state index < -0.39 is 6.10 Å². The molecule has 2 aromatic rings. The van der Waals surface area contributed by atoms with Crippen LogP contribution in [0.1, 0.15) is 40.9 Å². The summed E-state index contributed by atoms with van der Waals surface area (Å²) in [4.78, 5) is 0. The summed E-state index contributed by atoms with van der Waals surface area (Å²) in [5.41, 5.74) is 3.68. The summed E-state index contributed by atoms with van der Waals surface area (Å²) < 4.78 is 19.4. The highest BCUT2D eigenvalue weighted by Gasteiger charge is 2.29. The van der Waals surface area contributed by atoms with Gasteiger partial charge >= 0.3 is 0 Å². The van der Waals surface area contributed by atoms with E-state index >= 15 is 0 Å². The van der Waals surface area contributed by atoms with Crippen molar-refractivity contribution in [2.24, 2.45) is 0 Å². The normalized spacial score (nSPS) is 21.2. The van der Waals surface area contributed by atoms with Gasteiger partial charge in [0.1, 0.15) is 17.7 Å². The van der Waals surface area contributed by atoms with Crippen LogP contribution in [0.5, 0.6) is 5.75 Å². The number of hydrogen-bond acceptors (Lipinski definition) is 2. The van der Waals surface area contributed by atoms with Crippen LogP contribution in [0.2, 0.25) is 0 Å². The summed E-state index contributed by atoms with van der Waals surface area (Å²) in [6.45, 7) is 3.91. The third-order valence-corrected chi connectivity index (χ3v) is 3.82. The Kier molecular flexibility index (Phi) is 3.22. The molecule has 2 unspecified atom stereocenters. The van der Waals surface area contributed by atoms with Crippen LogP contribution in [0.15, 0.2) is 36.4 Å². The second kappa shape index (κ2) is 4.91. The molecule has 0 saturated heterocycles. The van der Waals surface area contributed by atoms with E-state index in [0.717, 1.165) is 22.3 Å². The molecule has 1 aliphatic heterocycles. The average Bonchev–Trinajstić information content (AvgIpc) is 2.42. The van der Waals surface area contributed by atoms with Gasteiger partial charge in [-0.25, -0.2) is 4.39 Å². The minimum atomic E-state index is -0.577. The SMILES string of the molecule is Cc1ccc2c(c1)C(O)CC(c1cc(F)ccc1C)O2. The molecule has 1 aliphatic rings. The maximum absolute atomic E-state index is 13.4. The molecule has 1 heterocycles. The molecule has 0 aromatic heterocycles. The molecule has 1 N–H and O–H groups in total. The number of aliphatic hydroxyl groups excluding tert-OH is 1. The number of halogens is 1. The van der Waals surface area contributed by atoms with E-state index in [-0.39, 0.29) is 11.9 Å². The molecule has 20 heavy (non-hydrogen) atoms. The molecular formula is C17H17FO2. The first-order valence-corrected chi connectivity index (χ1v) is 6.76. The number of aliphatic hydroxyl groups is 1. The predicted octanol–water partition coefficient (Wildman–Crippen LogP) is 4.00. The van der Waals surface area contributed by atoms with E-state index in [2.05, 4.69) is 0 Å². The zero-order valence-corrected chi connectivity index (χ0v) is 11.6. The molecule has 3 rings (SSSR count). The van der Waals surface area contributed by atoms with E-state index in [0.29, 0.717) is 12.2 Å². The summed E-state index contributed by atoms with van der Waals surface area (Å²) in [5, 5.41) is 10.3. The lowest BCUT2D eigenvalue weighted by Crippen LogP contribution is -2.20. The molecule has 0 aliphatic carbocycles. The minimum absolute atomic E-state index is 0.279. The largest absolute Gasteiger partial charge is 0.485 e. The Labute approximate surface area is 117 Å². The molecule has 3 heteroatoms. The quantitative estimate of drug-likeness (QED) is 0.850. The number of aryl methyl sites for hydroxylation is 2. The van der Waals surface area contributed by atoms with E-state index in [1.165, 1.54) is 12.1 Å². The molecule has 2 nitrogen and oxygen atoms in total. The van der Waals surface area contributed by atoms with Gasteiger partial charge in [0.25, 0.3) is 0 Å². The molecule has 2 aromatic carbocycles. The van der Waals surface area contributed by atoms with Crippen LogP contribution in [0.4, 0.5) is 4.39 Å². The van der Waals surface area contributed by atoms with Crippen LogP contribution < -0.4 is 4.74 Å². The Balaban J connectivity index is 1.99. The summed E-state index contributed by atoms with van der Waals surface area (Å²) >= 11 is 0. The van der Waals surface area contributed by atoms with Crippen LogP contribution in [0.25, 0.3) is 0 Å². The fourth-order valence-corrected chi connectivity index (χ4v) is 2.72. The third kappa shape index (κ3) is 2.29. The van der Waals surface area contributed by atoms with Crippen molar-refractivity contribution in [3.05, 3.63) is 64.5 Å². The van der Waals surface area contributed by atoms with Gasteiger partial charge in [0.05, 0.1) is 6.10 Å². The van der Waals surface area contributed by atoms with Crippen molar-refractivity contribution in [2.75, 3.05) is 0 Å². The first kappa shape index (κ1) is 13.1. The van der Waals surface area contributed by atoms with E-state index in [4.69, 9.17) is 4.74 Å². The first-order chi connectivity index (χ1) is 9.54. The lowest BCUT2D eigenvalue weighted by molar-refractivity contribution is 0.0652. The van der Waals surface area contributed by atoms with Crippen molar-refractivity contribution in [2.45, 2.75) is 32.5 Å². The van der Waals surface area contributed by atoms with E-state index in [1.807, 2.05) is 32.0 Å². The highest BCUT2D eigenvalue weighted by atomic mass is 19.1. The topological polar surface area (TPSA) is 29.5 Å². The predicted molar refractivity (Wildman–Crippen MR) is 75.3 cm³/mol. The standard InChI is InChI=1S/C17H17FO2/c1-10-3-6-16-14(7-10)15(19)9-17(20-16)13-8-12(18)5-4-11(13)2/h3-8,15,17,19H,9H2,1-2H3. The third-order valence-electron chi connectivity index (χ3n) is 3.82. The van der Waals surface area contributed by atoms with Gasteiger partial charge in [-0.1, -0.05) is 17.7 Å². The molecule has 0 fully saturated rings. The molecule has 104 valence electrons. The van der Waals surface area contributed by atoms with Crippen LogP contribution in [0.3, 0.4) is 0 Å². The second-order valence-corrected chi connectivity index (χ2v) is 5.40. The maximum Gasteiger partial charge on any atom is 0.127 e. The van der Waals surface area contributed by atoms with Gasteiger partial charge in [-0.3, -0.25) is 0 Å². The Morgan fingerprint density at radius 2 is 1.90 bits per heavy atom. The fraction of sp³-hybridized carbons (Fsp3) is 0.294. The number of ether oxygens (including phenoxy) is 1. The van der Waals surface area contributed by atoms with Gasteiger partial charge in [0.15, 0.2) is 0 Å². The Bertz CT molecular complexity index is 651. The molecular weight excluding hydrogens is 255 g/mol. The van der Waals surface area contributed by atoms with Gasteiger partial charge in [-0.15, -0.1) is 0 Å². The average molecular weight is 272 g/mol. The smallest absolute Gasteiger partial charge is 0.127 e. The summed E-state index contributed by atoms with van der Waals surface area (Å²) in [6, 6.07) is 10.4. The van der Waals surface area contributed by atoms with Crippen molar-refractivity contribution in [3.63, 3.8) is 0 Å². The number of benzene rings is 2. The fourth-order valence-electron chi connectivity index (χ4n) is 2.72. The first-order valence-electron chi connectivity index (χ1n) is 6.76.